The lowest BCUT2D eigenvalue weighted by Gasteiger charge is -2.11. The van der Waals surface area contributed by atoms with Gasteiger partial charge in [-0.25, -0.2) is 0 Å². The molecule has 2 nitrogen and oxygen atoms in total. The maximum atomic E-state index is 12.2. The van der Waals surface area contributed by atoms with Crippen molar-refractivity contribution in [3.8, 4) is 11.1 Å². The van der Waals surface area contributed by atoms with Gasteiger partial charge in [0.05, 0.1) is 5.69 Å². The van der Waals surface area contributed by atoms with Crippen LogP contribution in [0, 0.1) is 0 Å². The topological polar surface area (TPSA) is 36.0 Å². The van der Waals surface area contributed by atoms with E-state index in [0.29, 0.717) is 11.5 Å². The van der Waals surface area contributed by atoms with Gasteiger partial charge < -0.3 is 4.55 Å². The molecule has 0 saturated carbocycles. The summed E-state index contributed by atoms with van der Waals surface area (Å²) in [5.74, 6) is 1.19. The molecule has 0 fully saturated rings. The Kier molecular flexibility index (Phi) is 5.46. The second kappa shape index (κ2) is 7.95. The lowest BCUT2D eigenvalue weighted by Crippen LogP contribution is -2.12. The summed E-state index contributed by atoms with van der Waals surface area (Å²) in [4.78, 5) is 4.46. The Bertz CT molecular complexity index is 714. The number of hydrogen-bond acceptors (Lipinski definition) is 2. The van der Waals surface area contributed by atoms with E-state index in [0.717, 1.165) is 23.2 Å². The van der Waals surface area contributed by atoms with Crippen LogP contribution in [0.1, 0.15) is 11.3 Å². The molecule has 3 rings (SSSR count). The minimum absolute atomic E-state index is 0.516. The van der Waals surface area contributed by atoms with Gasteiger partial charge in [-0.1, -0.05) is 66.7 Å². The summed E-state index contributed by atoms with van der Waals surface area (Å²) in [6.45, 7) is 0. The van der Waals surface area contributed by atoms with Gasteiger partial charge in [0.1, 0.15) is 11.5 Å². The lowest BCUT2D eigenvalue weighted by molar-refractivity contribution is 0.593. The molecule has 0 aliphatic rings. The molecule has 0 amide bonds. The van der Waals surface area contributed by atoms with Crippen molar-refractivity contribution in [1.82, 2.24) is 4.98 Å². The maximum absolute atomic E-state index is 12.2. The summed E-state index contributed by atoms with van der Waals surface area (Å²) in [7, 11) is 0. The molecule has 0 spiro atoms. The van der Waals surface area contributed by atoms with E-state index in [-0.39, 0.29) is 0 Å². The molecule has 0 saturated heterocycles. The summed E-state index contributed by atoms with van der Waals surface area (Å²) >= 11 is -0.885. The molecule has 1 heterocycles. The average Bonchev–Trinajstić information content (AvgIpc) is 2.62. The van der Waals surface area contributed by atoms with Gasteiger partial charge in [-0.3, -0.25) is 4.98 Å². The van der Waals surface area contributed by atoms with Crippen LogP contribution < -0.4 is 0 Å². The summed E-state index contributed by atoms with van der Waals surface area (Å²) in [6.07, 6.45) is 2.70. The molecular formula is C20H19NOS. The molecule has 0 aliphatic carbocycles. The zero-order valence-corrected chi connectivity index (χ0v) is 13.7. The lowest BCUT2D eigenvalue weighted by atomic mass is 10.1. The minimum Gasteiger partial charge on any atom is -0.616 e. The molecule has 3 heteroatoms. The molecule has 2 aromatic carbocycles. The third-order valence-corrected chi connectivity index (χ3v) is 4.98. The smallest absolute Gasteiger partial charge is 0.147 e. The summed E-state index contributed by atoms with van der Waals surface area (Å²) in [5, 5.41) is 0. The van der Waals surface area contributed by atoms with E-state index in [1.165, 1.54) is 5.56 Å². The Morgan fingerprint density at radius 1 is 0.783 bits per heavy atom. The van der Waals surface area contributed by atoms with Crippen LogP contribution >= 0.6 is 0 Å². The number of hydrogen-bond donors (Lipinski definition) is 0. The number of nitrogens with zero attached hydrogens (tertiary/aromatic N) is 1. The van der Waals surface area contributed by atoms with Crippen molar-refractivity contribution < 1.29 is 4.55 Å². The first kappa shape index (κ1) is 15.8. The average molecular weight is 321 g/mol. The van der Waals surface area contributed by atoms with E-state index >= 15 is 0 Å². The van der Waals surface area contributed by atoms with E-state index in [9.17, 15) is 4.55 Å². The fourth-order valence-electron chi connectivity index (χ4n) is 2.42. The van der Waals surface area contributed by atoms with E-state index in [4.69, 9.17) is 0 Å². The second-order valence-corrected chi connectivity index (χ2v) is 7.00. The molecule has 1 aromatic heterocycles. The Morgan fingerprint density at radius 3 is 2.13 bits per heavy atom. The standard InChI is InChI=1S/C20H19NOS/c22-23(14-13-17-7-3-1-4-8-17)16-20-12-11-19(15-21-20)18-9-5-2-6-10-18/h1-12,15H,13-14,16H2. The zero-order valence-electron chi connectivity index (χ0n) is 12.9. The number of pyridine rings is 1. The third kappa shape index (κ3) is 4.68. The van der Waals surface area contributed by atoms with Crippen LogP contribution in [0.3, 0.4) is 0 Å². The van der Waals surface area contributed by atoms with E-state index in [1.807, 2.05) is 54.7 Å². The molecule has 0 bridgehead atoms. The number of rotatable bonds is 6. The Morgan fingerprint density at radius 2 is 1.48 bits per heavy atom. The highest BCUT2D eigenvalue weighted by Crippen LogP contribution is 2.18. The fourth-order valence-corrected chi connectivity index (χ4v) is 3.53. The Balaban J connectivity index is 1.55. The first-order valence-electron chi connectivity index (χ1n) is 7.70. The SMILES string of the molecule is [O-][S+](CCc1ccccc1)Cc1ccc(-c2ccccc2)cn1. The molecule has 0 N–H and O–H groups in total. The highest BCUT2D eigenvalue weighted by Gasteiger charge is 2.09. The summed E-state index contributed by atoms with van der Waals surface area (Å²) in [5.41, 5.74) is 4.35. The van der Waals surface area contributed by atoms with Crippen LogP contribution in [0.5, 0.6) is 0 Å². The van der Waals surface area contributed by atoms with Gasteiger partial charge in [-0.15, -0.1) is 0 Å². The number of aryl methyl sites for hydroxylation is 1. The molecule has 116 valence electrons. The van der Waals surface area contributed by atoms with Crippen molar-refractivity contribution in [3.63, 3.8) is 0 Å². The molecule has 0 radical (unpaired) electrons. The Hall–Kier alpha value is -2.10. The molecule has 0 aliphatic heterocycles. The first-order chi connectivity index (χ1) is 11.3. The van der Waals surface area contributed by atoms with Crippen molar-refractivity contribution in [2.24, 2.45) is 0 Å². The van der Waals surface area contributed by atoms with E-state index in [1.54, 1.807) is 0 Å². The largest absolute Gasteiger partial charge is 0.616 e. The zero-order chi connectivity index (χ0) is 15.9. The van der Waals surface area contributed by atoms with Gasteiger partial charge in [-0.05, 0) is 28.4 Å². The highest BCUT2D eigenvalue weighted by molar-refractivity contribution is 7.90. The number of aromatic nitrogens is 1. The predicted octanol–water partition coefficient (Wildman–Crippen LogP) is 4.24. The molecule has 23 heavy (non-hydrogen) atoms. The van der Waals surface area contributed by atoms with Crippen LogP contribution in [-0.4, -0.2) is 15.3 Å². The summed E-state index contributed by atoms with van der Waals surface area (Å²) in [6, 6.07) is 24.4. The molecule has 3 aromatic rings. The minimum atomic E-state index is -0.885. The summed E-state index contributed by atoms with van der Waals surface area (Å²) < 4.78 is 12.2. The highest BCUT2D eigenvalue weighted by atomic mass is 32.2. The Labute approximate surface area is 140 Å². The third-order valence-electron chi connectivity index (χ3n) is 3.70. The van der Waals surface area contributed by atoms with Gasteiger partial charge >= 0.3 is 0 Å². The van der Waals surface area contributed by atoms with Gasteiger partial charge in [0.15, 0.2) is 0 Å². The van der Waals surface area contributed by atoms with Crippen LogP contribution in [-0.2, 0) is 23.3 Å². The van der Waals surface area contributed by atoms with Gasteiger partial charge in [0.2, 0.25) is 0 Å². The predicted molar refractivity (Wildman–Crippen MR) is 96.5 cm³/mol. The van der Waals surface area contributed by atoms with Crippen LogP contribution in [0.25, 0.3) is 11.1 Å². The molecule has 1 unspecified atom stereocenters. The number of benzene rings is 2. The normalized spacial score (nSPS) is 12.0. The van der Waals surface area contributed by atoms with E-state index in [2.05, 4.69) is 29.2 Å². The van der Waals surface area contributed by atoms with Crippen LogP contribution in [0.15, 0.2) is 79.0 Å². The molecule has 1 atom stereocenters. The van der Waals surface area contributed by atoms with Crippen molar-refractivity contribution in [3.05, 3.63) is 90.3 Å². The van der Waals surface area contributed by atoms with Crippen LogP contribution in [0.4, 0.5) is 0 Å². The maximum Gasteiger partial charge on any atom is 0.147 e. The van der Waals surface area contributed by atoms with Gasteiger partial charge in [-0.2, -0.15) is 0 Å². The molecular weight excluding hydrogens is 302 g/mol. The van der Waals surface area contributed by atoms with Crippen molar-refractivity contribution in [1.29, 1.82) is 0 Å². The van der Waals surface area contributed by atoms with Crippen molar-refractivity contribution in [2.45, 2.75) is 12.2 Å². The second-order valence-electron chi connectivity index (χ2n) is 5.43. The fraction of sp³-hybridized carbons (Fsp3) is 0.150. The quantitative estimate of drug-likeness (QED) is 0.637. The van der Waals surface area contributed by atoms with E-state index < -0.39 is 11.2 Å². The van der Waals surface area contributed by atoms with Crippen molar-refractivity contribution in [2.75, 3.05) is 5.75 Å². The van der Waals surface area contributed by atoms with Crippen LogP contribution in [0.2, 0.25) is 0 Å². The van der Waals surface area contributed by atoms with Gasteiger partial charge in [0, 0.05) is 18.2 Å². The van der Waals surface area contributed by atoms with Crippen molar-refractivity contribution >= 4 is 11.2 Å². The van der Waals surface area contributed by atoms with Gasteiger partial charge in [0.25, 0.3) is 0 Å². The monoisotopic (exact) mass is 321 g/mol. The first-order valence-corrected chi connectivity index (χ1v) is 9.19.